The molecule has 1 aromatic heterocycles. The van der Waals surface area contributed by atoms with E-state index in [2.05, 4.69) is 4.98 Å². The fourth-order valence-corrected chi connectivity index (χ4v) is 1.84. The first-order chi connectivity index (χ1) is 8.59. The molecule has 5 heteroatoms. The fourth-order valence-electron chi connectivity index (χ4n) is 1.67. The number of hydrogen-bond acceptors (Lipinski definition) is 3. The molecule has 0 aliphatic heterocycles. The number of anilines is 2. The van der Waals surface area contributed by atoms with Gasteiger partial charge in [-0.1, -0.05) is 12.2 Å². The van der Waals surface area contributed by atoms with Gasteiger partial charge in [0.15, 0.2) is 0 Å². The Labute approximate surface area is 110 Å². The number of rotatable bonds is 3. The summed E-state index contributed by atoms with van der Waals surface area (Å²) in [5.41, 5.74) is 8.04. The SMILES string of the molecule is CN(c1ccc(F)cc1)c1cnccc1C(N)=S. The molecule has 0 saturated carbocycles. The molecule has 0 aliphatic rings. The summed E-state index contributed by atoms with van der Waals surface area (Å²) in [5, 5.41) is 0. The Morgan fingerprint density at radius 3 is 2.56 bits per heavy atom. The van der Waals surface area contributed by atoms with Gasteiger partial charge < -0.3 is 10.6 Å². The van der Waals surface area contributed by atoms with Crippen molar-refractivity contribution in [2.45, 2.75) is 0 Å². The average molecular weight is 261 g/mol. The van der Waals surface area contributed by atoms with E-state index in [0.29, 0.717) is 4.99 Å². The first kappa shape index (κ1) is 12.4. The molecule has 0 aliphatic carbocycles. The highest BCUT2D eigenvalue weighted by Crippen LogP contribution is 2.26. The van der Waals surface area contributed by atoms with Gasteiger partial charge in [-0.15, -0.1) is 0 Å². The topological polar surface area (TPSA) is 42.2 Å². The molecule has 2 aromatic rings. The van der Waals surface area contributed by atoms with Crippen LogP contribution >= 0.6 is 12.2 Å². The van der Waals surface area contributed by atoms with Crippen molar-refractivity contribution in [3.8, 4) is 0 Å². The van der Waals surface area contributed by atoms with Gasteiger partial charge in [-0.25, -0.2) is 4.39 Å². The molecule has 0 spiro atoms. The molecule has 2 N–H and O–H groups in total. The van der Waals surface area contributed by atoms with Gasteiger partial charge in [0.1, 0.15) is 10.8 Å². The Hall–Kier alpha value is -2.01. The van der Waals surface area contributed by atoms with Crippen LogP contribution in [0.1, 0.15) is 5.56 Å². The summed E-state index contributed by atoms with van der Waals surface area (Å²) in [6, 6.07) is 7.94. The zero-order chi connectivity index (χ0) is 13.1. The second-order valence-electron chi connectivity index (χ2n) is 3.79. The zero-order valence-electron chi connectivity index (χ0n) is 9.80. The molecule has 0 amide bonds. The molecule has 0 radical (unpaired) electrons. The Balaban J connectivity index is 2.42. The first-order valence-electron chi connectivity index (χ1n) is 5.32. The predicted molar refractivity (Wildman–Crippen MR) is 74.6 cm³/mol. The summed E-state index contributed by atoms with van der Waals surface area (Å²) >= 11 is 5.00. The van der Waals surface area contributed by atoms with E-state index in [4.69, 9.17) is 18.0 Å². The maximum Gasteiger partial charge on any atom is 0.123 e. The van der Waals surface area contributed by atoms with Crippen LogP contribution in [0.4, 0.5) is 15.8 Å². The van der Waals surface area contributed by atoms with Crippen molar-refractivity contribution in [2.24, 2.45) is 5.73 Å². The highest BCUT2D eigenvalue weighted by molar-refractivity contribution is 7.80. The van der Waals surface area contributed by atoms with E-state index >= 15 is 0 Å². The third kappa shape index (κ3) is 2.46. The van der Waals surface area contributed by atoms with Crippen LogP contribution in [0.5, 0.6) is 0 Å². The molecule has 0 unspecified atom stereocenters. The van der Waals surface area contributed by atoms with Gasteiger partial charge in [-0.3, -0.25) is 4.98 Å². The number of aromatic nitrogens is 1. The highest BCUT2D eigenvalue weighted by atomic mass is 32.1. The lowest BCUT2D eigenvalue weighted by molar-refractivity contribution is 0.628. The predicted octanol–water partition coefficient (Wildman–Crippen LogP) is 2.62. The Morgan fingerprint density at radius 2 is 1.94 bits per heavy atom. The van der Waals surface area contributed by atoms with Gasteiger partial charge in [0.05, 0.1) is 11.9 Å². The van der Waals surface area contributed by atoms with Crippen LogP contribution < -0.4 is 10.6 Å². The molecule has 1 heterocycles. The van der Waals surface area contributed by atoms with Crippen LogP contribution in [0.2, 0.25) is 0 Å². The number of nitrogens with two attached hydrogens (primary N) is 1. The van der Waals surface area contributed by atoms with Gasteiger partial charge in [0, 0.05) is 24.5 Å². The van der Waals surface area contributed by atoms with Crippen molar-refractivity contribution in [1.82, 2.24) is 4.98 Å². The lowest BCUT2D eigenvalue weighted by Crippen LogP contribution is -2.18. The van der Waals surface area contributed by atoms with Crippen LogP contribution in [0.15, 0.2) is 42.7 Å². The number of pyridine rings is 1. The van der Waals surface area contributed by atoms with E-state index in [1.165, 1.54) is 12.1 Å². The lowest BCUT2D eigenvalue weighted by Gasteiger charge is -2.21. The molecular weight excluding hydrogens is 249 g/mol. The quantitative estimate of drug-likeness (QED) is 0.862. The maximum absolute atomic E-state index is 12.9. The minimum Gasteiger partial charge on any atom is -0.389 e. The van der Waals surface area contributed by atoms with Gasteiger partial charge in [0.2, 0.25) is 0 Å². The van der Waals surface area contributed by atoms with Crippen molar-refractivity contribution in [3.05, 3.63) is 54.1 Å². The molecule has 0 atom stereocenters. The summed E-state index contributed by atoms with van der Waals surface area (Å²) in [4.78, 5) is 6.23. The second kappa shape index (κ2) is 5.10. The van der Waals surface area contributed by atoms with Crippen molar-refractivity contribution in [3.63, 3.8) is 0 Å². The molecule has 0 saturated heterocycles. The minimum absolute atomic E-state index is 0.270. The first-order valence-corrected chi connectivity index (χ1v) is 5.73. The smallest absolute Gasteiger partial charge is 0.123 e. The molecule has 0 bridgehead atoms. The Bertz CT molecular complexity index is 569. The molecular formula is C13H12FN3S. The second-order valence-corrected chi connectivity index (χ2v) is 4.23. The number of nitrogens with zero attached hydrogens (tertiary/aromatic N) is 2. The zero-order valence-corrected chi connectivity index (χ0v) is 10.6. The van der Waals surface area contributed by atoms with Gasteiger partial charge in [-0.2, -0.15) is 0 Å². The summed E-state index contributed by atoms with van der Waals surface area (Å²) in [7, 11) is 1.85. The summed E-state index contributed by atoms with van der Waals surface area (Å²) < 4.78 is 12.9. The molecule has 18 heavy (non-hydrogen) atoms. The molecule has 3 nitrogen and oxygen atoms in total. The molecule has 1 aromatic carbocycles. The number of halogens is 1. The van der Waals surface area contributed by atoms with Crippen LogP contribution in [0.3, 0.4) is 0 Å². The van der Waals surface area contributed by atoms with Gasteiger partial charge >= 0.3 is 0 Å². The molecule has 92 valence electrons. The third-order valence-electron chi connectivity index (χ3n) is 2.64. The third-order valence-corrected chi connectivity index (χ3v) is 2.86. The maximum atomic E-state index is 12.9. The average Bonchev–Trinajstić information content (AvgIpc) is 2.39. The Morgan fingerprint density at radius 1 is 1.28 bits per heavy atom. The van der Waals surface area contributed by atoms with Crippen LogP contribution in [-0.4, -0.2) is 17.0 Å². The fraction of sp³-hybridized carbons (Fsp3) is 0.0769. The van der Waals surface area contributed by atoms with Crippen LogP contribution in [0, 0.1) is 5.82 Å². The van der Waals surface area contributed by atoms with Crippen LogP contribution in [0.25, 0.3) is 0 Å². The normalized spacial score (nSPS) is 10.1. The summed E-state index contributed by atoms with van der Waals surface area (Å²) in [5.74, 6) is -0.270. The lowest BCUT2D eigenvalue weighted by atomic mass is 10.2. The molecule has 0 fully saturated rings. The van der Waals surface area contributed by atoms with Crippen molar-refractivity contribution in [1.29, 1.82) is 0 Å². The van der Waals surface area contributed by atoms with E-state index in [-0.39, 0.29) is 5.82 Å². The van der Waals surface area contributed by atoms with E-state index in [1.54, 1.807) is 30.6 Å². The highest BCUT2D eigenvalue weighted by Gasteiger charge is 2.11. The number of thiocarbonyl (C=S) groups is 1. The standard InChI is InChI=1S/C13H12FN3S/c1-17(10-4-2-9(14)3-5-10)12-8-16-7-6-11(12)13(15)18/h2-8H,1H3,(H2,15,18). The number of hydrogen-bond donors (Lipinski definition) is 1. The van der Waals surface area contributed by atoms with Gasteiger partial charge in [-0.05, 0) is 30.3 Å². The van der Waals surface area contributed by atoms with E-state index in [1.807, 2.05) is 11.9 Å². The van der Waals surface area contributed by atoms with Crippen molar-refractivity contribution < 1.29 is 4.39 Å². The minimum atomic E-state index is -0.270. The number of benzene rings is 1. The summed E-state index contributed by atoms with van der Waals surface area (Å²) in [6.07, 6.45) is 3.31. The van der Waals surface area contributed by atoms with Crippen molar-refractivity contribution in [2.75, 3.05) is 11.9 Å². The Kier molecular flexibility index (Phi) is 3.53. The molecule has 2 rings (SSSR count). The van der Waals surface area contributed by atoms with E-state index in [0.717, 1.165) is 16.9 Å². The van der Waals surface area contributed by atoms with Crippen molar-refractivity contribution >= 4 is 28.6 Å². The van der Waals surface area contributed by atoms with Crippen LogP contribution in [-0.2, 0) is 0 Å². The van der Waals surface area contributed by atoms with E-state index in [9.17, 15) is 4.39 Å². The summed E-state index contributed by atoms with van der Waals surface area (Å²) in [6.45, 7) is 0. The van der Waals surface area contributed by atoms with Gasteiger partial charge in [0.25, 0.3) is 0 Å². The monoisotopic (exact) mass is 261 g/mol. The van der Waals surface area contributed by atoms with E-state index < -0.39 is 0 Å². The largest absolute Gasteiger partial charge is 0.389 e.